The first kappa shape index (κ1) is 16.2. The molecule has 0 saturated carbocycles. The van der Waals surface area contributed by atoms with Crippen LogP contribution in [0.25, 0.3) is 11.0 Å². The van der Waals surface area contributed by atoms with Crippen molar-refractivity contribution in [3.05, 3.63) is 47.6 Å². The van der Waals surface area contributed by atoms with E-state index in [1.54, 1.807) is 12.4 Å². The van der Waals surface area contributed by atoms with Crippen LogP contribution in [0.5, 0.6) is 0 Å². The zero-order valence-electron chi connectivity index (χ0n) is 14.4. The predicted molar refractivity (Wildman–Crippen MR) is 102 cm³/mol. The number of nitrogens with zero attached hydrogens (tertiary/aromatic N) is 6. The molecule has 0 radical (unpaired) electrons. The van der Waals surface area contributed by atoms with E-state index in [-0.39, 0.29) is 0 Å². The molecule has 7 heteroatoms. The first-order valence-electron chi connectivity index (χ1n) is 8.69. The quantitative estimate of drug-likeness (QED) is 0.674. The van der Waals surface area contributed by atoms with Gasteiger partial charge in [0, 0.05) is 45.1 Å². The normalized spacial score (nSPS) is 15.8. The molecule has 1 fully saturated rings. The van der Waals surface area contributed by atoms with Crippen molar-refractivity contribution in [2.45, 2.75) is 20.1 Å². The summed E-state index contributed by atoms with van der Waals surface area (Å²) >= 11 is 5.73. The Bertz CT molecular complexity index is 908. The summed E-state index contributed by atoms with van der Waals surface area (Å²) in [5, 5.41) is 0. The standard InChI is InChI=1S/C18H22N6S/c1-2-23-15-5-3-4-6-16(15)24(18(23)25)14-21-9-11-22(12-10-21)17-13-19-7-8-20-17/h3-8,13H,2,9-12,14H2,1H3. The third-order valence-corrected chi connectivity index (χ3v) is 5.27. The van der Waals surface area contributed by atoms with E-state index in [0.717, 1.165) is 50.0 Å². The molecule has 2 aromatic heterocycles. The fourth-order valence-electron chi connectivity index (χ4n) is 3.49. The van der Waals surface area contributed by atoms with Crippen LogP contribution in [-0.2, 0) is 13.2 Å². The number of aryl methyl sites for hydroxylation is 1. The summed E-state index contributed by atoms with van der Waals surface area (Å²) in [4.78, 5) is 13.3. The van der Waals surface area contributed by atoms with Gasteiger partial charge in [0.1, 0.15) is 5.82 Å². The van der Waals surface area contributed by atoms with Gasteiger partial charge in [0.25, 0.3) is 0 Å². The number of aromatic nitrogens is 4. The van der Waals surface area contributed by atoms with Crippen molar-refractivity contribution in [3.63, 3.8) is 0 Å². The van der Waals surface area contributed by atoms with Gasteiger partial charge in [-0.25, -0.2) is 4.98 Å². The average Bonchev–Trinajstić information content (AvgIpc) is 2.94. The highest BCUT2D eigenvalue weighted by Crippen LogP contribution is 2.19. The van der Waals surface area contributed by atoms with E-state index < -0.39 is 0 Å². The number of anilines is 1. The fraction of sp³-hybridized carbons (Fsp3) is 0.389. The summed E-state index contributed by atoms with van der Waals surface area (Å²) in [5.74, 6) is 0.960. The van der Waals surface area contributed by atoms with Crippen LogP contribution in [0.15, 0.2) is 42.9 Å². The molecule has 0 bridgehead atoms. The minimum absolute atomic E-state index is 0.834. The average molecular weight is 354 g/mol. The summed E-state index contributed by atoms with van der Waals surface area (Å²) < 4.78 is 5.37. The number of imidazole rings is 1. The number of fused-ring (bicyclic) bond motifs is 1. The van der Waals surface area contributed by atoms with Gasteiger partial charge in [-0.1, -0.05) is 12.1 Å². The van der Waals surface area contributed by atoms with Gasteiger partial charge >= 0.3 is 0 Å². The van der Waals surface area contributed by atoms with Crippen molar-refractivity contribution in [2.24, 2.45) is 0 Å². The molecule has 4 rings (SSSR count). The molecule has 1 aliphatic heterocycles. The highest BCUT2D eigenvalue weighted by Gasteiger charge is 2.19. The summed E-state index contributed by atoms with van der Waals surface area (Å²) in [7, 11) is 0. The van der Waals surface area contributed by atoms with Crippen LogP contribution in [-0.4, -0.2) is 50.2 Å². The molecule has 0 N–H and O–H groups in total. The zero-order chi connectivity index (χ0) is 17.2. The first-order chi connectivity index (χ1) is 12.3. The molecule has 25 heavy (non-hydrogen) atoms. The van der Waals surface area contributed by atoms with Crippen LogP contribution in [0.1, 0.15) is 6.92 Å². The van der Waals surface area contributed by atoms with Crippen molar-refractivity contribution in [1.82, 2.24) is 24.0 Å². The van der Waals surface area contributed by atoms with E-state index in [4.69, 9.17) is 12.2 Å². The Hall–Kier alpha value is -2.25. The number of benzene rings is 1. The Labute approximate surface area is 152 Å². The number of piperazine rings is 1. The smallest absolute Gasteiger partial charge is 0.181 e. The van der Waals surface area contributed by atoms with Crippen molar-refractivity contribution >= 4 is 29.1 Å². The van der Waals surface area contributed by atoms with E-state index in [1.165, 1.54) is 11.0 Å². The third-order valence-electron chi connectivity index (χ3n) is 4.83. The topological polar surface area (TPSA) is 42.1 Å². The number of hydrogen-bond donors (Lipinski definition) is 0. The summed E-state index contributed by atoms with van der Waals surface area (Å²) in [6.45, 7) is 7.77. The van der Waals surface area contributed by atoms with Gasteiger partial charge in [-0.2, -0.15) is 0 Å². The lowest BCUT2D eigenvalue weighted by Gasteiger charge is -2.35. The lowest BCUT2D eigenvalue weighted by molar-refractivity contribution is 0.207. The molecule has 0 amide bonds. The van der Waals surface area contributed by atoms with E-state index in [9.17, 15) is 0 Å². The first-order valence-corrected chi connectivity index (χ1v) is 9.10. The van der Waals surface area contributed by atoms with Gasteiger partial charge in [-0.3, -0.25) is 9.88 Å². The van der Waals surface area contributed by atoms with Gasteiger partial charge in [0.2, 0.25) is 0 Å². The van der Waals surface area contributed by atoms with Crippen LogP contribution in [0.2, 0.25) is 0 Å². The Morgan fingerprint density at radius 1 is 1.00 bits per heavy atom. The van der Waals surface area contributed by atoms with Crippen LogP contribution in [0, 0.1) is 4.77 Å². The molecule has 6 nitrogen and oxygen atoms in total. The van der Waals surface area contributed by atoms with E-state index in [0.29, 0.717) is 0 Å². The number of rotatable bonds is 4. The maximum Gasteiger partial charge on any atom is 0.181 e. The second-order valence-corrected chi connectivity index (χ2v) is 6.62. The lowest BCUT2D eigenvalue weighted by Crippen LogP contribution is -2.47. The van der Waals surface area contributed by atoms with Crippen LogP contribution >= 0.6 is 12.2 Å². The number of para-hydroxylation sites is 2. The van der Waals surface area contributed by atoms with Gasteiger partial charge in [0.05, 0.1) is 23.9 Å². The Balaban J connectivity index is 1.52. The van der Waals surface area contributed by atoms with Crippen molar-refractivity contribution in [3.8, 4) is 0 Å². The summed E-state index contributed by atoms with van der Waals surface area (Å²) in [5.41, 5.74) is 2.43. The van der Waals surface area contributed by atoms with Crippen molar-refractivity contribution < 1.29 is 0 Å². The minimum atomic E-state index is 0.834. The molecular weight excluding hydrogens is 332 g/mol. The molecule has 0 spiro atoms. The second kappa shape index (κ2) is 6.93. The third kappa shape index (κ3) is 3.05. The van der Waals surface area contributed by atoms with E-state index in [1.807, 2.05) is 6.20 Å². The zero-order valence-corrected chi connectivity index (χ0v) is 15.2. The highest BCUT2D eigenvalue weighted by atomic mass is 32.1. The molecule has 1 aliphatic rings. The Morgan fingerprint density at radius 2 is 1.72 bits per heavy atom. The lowest BCUT2D eigenvalue weighted by atomic mass is 10.3. The van der Waals surface area contributed by atoms with Crippen molar-refractivity contribution in [2.75, 3.05) is 31.1 Å². The highest BCUT2D eigenvalue weighted by molar-refractivity contribution is 7.71. The van der Waals surface area contributed by atoms with Gasteiger partial charge in [0.15, 0.2) is 4.77 Å². The Morgan fingerprint density at radius 3 is 2.36 bits per heavy atom. The van der Waals surface area contributed by atoms with E-state index in [2.05, 4.69) is 60.1 Å². The molecule has 0 atom stereocenters. The van der Waals surface area contributed by atoms with Gasteiger partial charge < -0.3 is 14.0 Å². The van der Waals surface area contributed by atoms with Crippen LogP contribution in [0.3, 0.4) is 0 Å². The molecule has 1 aromatic carbocycles. The summed E-state index contributed by atoms with van der Waals surface area (Å²) in [6, 6.07) is 8.47. The molecule has 3 heterocycles. The SMILES string of the molecule is CCn1c(=S)n(CN2CCN(c3cnccn3)CC2)c2ccccc21. The maximum absolute atomic E-state index is 5.73. The minimum Gasteiger partial charge on any atom is -0.353 e. The van der Waals surface area contributed by atoms with Crippen LogP contribution < -0.4 is 4.90 Å². The molecule has 1 saturated heterocycles. The second-order valence-electron chi connectivity index (χ2n) is 6.25. The fourth-order valence-corrected chi connectivity index (χ4v) is 3.87. The maximum atomic E-state index is 5.73. The van der Waals surface area contributed by atoms with E-state index >= 15 is 0 Å². The monoisotopic (exact) mass is 354 g/mol. The molecule has 0 unspecified atom stereocenters. The van der Waals surface area contributed by atoms with Gasteiger partial charge in [-0.05, 0) is 31.3 Å². The number of hydrogen-bond acceptors (Lipinski definition) is 5. The largest absolute Gasteiger partial charge is 0.353 e. The van der Waals surface area contributed by atoms with Crippen LogP contribution in [0.4, 0.5) is 5.82 Å². The predicted octanol–water partition coefficient (Wildman–Crippen LogP) is 2.76. The summed E-state index contributed by atoms with van der Waals surface area (Å²) in [6.07, 6.45) is 5.30. The molecule has 0 aliphatic carbocycles. The molecular formula is C18H22N6S. The van der Waals surface area contributed by atoms with Gasteiger partial charge in [-0.15, -0.1) is 0 Å². The Kier molecular flexibility index (Phi) is 4.50. The van der Waals surface area contributed by atoms with Crippen molar-refractivity contribution in [1.29, 1.82) is 0 Å². The molecule has 3 aromatic rings. The molecule has 130 valence electrons.